The van der Waals surface area contributed by atoms with Crippen LogP contribution in [0.4, 0.5) is 0 Å². The number of aromatic amines is 1. The predicted molar refractivity (Wildman–Crippen MR) is 91.1 cm³/mol. The van der Waals surface area contributed by atoms with Gasteiger partial charge in [0.2, 0.25) is 0 Å². The zero-order valence-corrected chi connectivity index (χ0v) is 13.4. The maximum Gasteiger partial charge on any atom is 0.0949 e. The van der Waals surface area contributed by atoms with E-state index in [-0.39, 0.29) is 0 Å². The number of nitrogens with zero attached hydrogens (tertiary/aromatic N) is 3. The van der Waals surface area contributed by atoms with Gasteiger partial charge in [-0.1, -0.05) is 19.9 Å². The van der Waals surface area contributed by atoms with Crippen LogP contribution < -0.4 is 0 Å². The molecular formula is C18H24N4. The lowest BCUT2D eigenvalue weighted by Gasteiger charge is -2.17. The SMILES string of the molecule is CCN(CC)CCc1c[nH]c2ccc(Cn3ccnc3)cc12. The number of nitrogens with one attached hydrogen (secondary N) is 1. The lowest BCUT2D eigenvalue weighted by molar-refractivity contribution is 0.308. The van der Waals surface area contributed by atoms with Gasteiger partial charge in [-0.25, -0.2) is 4.98 Å². The van der Waals surface area contributed by atoms with Crippen LogP contribution in [0.2, 0.25) is 0 Å². The normalized spacial score (nSPS) is 11.6. The molecular weight excluding hydrogens is 272 g/mol. The summed E-state index contributed by atoms with van der Waals surface area (Å²) in [5.74, 6) is 0. The quantitative estimate of drug-likeness (QED) is 0.726. The molecule has 4 nitrogen and oxygen atoms in total. The third-order valence-electron chi connectivity index (χ3n) is 4.35. The average Bonchev–Trinajstić information content (AvgIpc) is 3.18. The highest BCUT2D eigenvalue weighted by atomic mass is 15.1. The molecule has 0 bridgehead atoms. The lowest BCUT2D eigenvalue weighted by Crippen LogP contribution is -2.25. The number of benzene rings is 1. The van der Waals surface area contributed by atoms with Crippen molar-refractivity contribution in [2.75, 3.05) is 19.6 Å². The Labute approximate surface area is 131 Å². The van der Waals surface area contributed by atoms with Crippen molar-refractivity contribution in [1.82, 2.24) is 19.4 Å². The zero-order valence-electron chi connectivity index (χ0n) is 13.4. The summed E-state index contributed by atoms with van der Waals surface area (Å²) in [6, 6.07) is 6.68. The number of rotatable bonds is 7. The minimum Gasteiger partial charge on any atom is -0.361 e. The molecule has 0 atom stereocenters. The van der Waals surface area contributed by atoms with E-state index in [1.165, 1.54) is 22.0 Å². The van der Waals surface area contributed by atoms with Crippen LogP contribution in [-0.2, 0) is 13.0 Å². The number of likely N-dealkylation sites (N-methyl/N-ethyl adjacent to an activating group) is 1. The van der Waals surface area contributed by atoms with Gasteiger partial charge in [-0.05, 0) is 42.8 Å². The summed E-state index contributed by atoms with van der Waals surface area (Å²) in [6.07, 6.45) is 8.95. The Bertz CT molecular complexity index is 708. The van der Waals surface area contributed by atoms with Crippen LogP contribution in [0.25, 0.3) is 10.9 Å². The fraction of sp³-hybridized carbons (Fsp3) is 0.389. The van der Waals surface area contributed by atoms with E-state index in [9.17, 15) is 0 Å². The third kappa shape index (κ3) is 3.22. The highest BCUT2D eigenvalue weighted by Gasteiger charge is 2.07. The first kappa shape index (κ1) is 14.9. The molecule has 0 aliphatic rings. The largest absolute Gasteiger partial charge is 0.361 e. The molecule has 0 radical (unpaired) electrons. The second-order valence-electron chi connectivity index (χ2n) is 5.71. The Morgan fingerprint density at radius 2 is 2.09 bits per heavy atom. The van der Waals surface area contributed by atoms with Crippen molar-refractivity contribution in [3.63, 3.8) is 0 Å². The van der Waals surface area contributed by atoms with Gasteiger partial charge in [0.15, 0.2) is 0 Å². The van der Waals surface area contributed by atoms with E-state index in [1.54, 1.807) is 0 Å². The Balaban J connectivity index is 1.79. The maximum absolute atomic E-state index is 4.11. The Hall–Kier alpha value is -2.07. The maximum atomic E-state index is 4.11. The Morgan fingerprint density at radius 1 is 1.23 bits per heavy atom. The fourth-order valence-electron chi connectivity index (χ4n) is 2.94. The smallest absolute Gasteiger partial charge is 0.0949 e. The molecule has 3 aromatic rings. The molecule has 1 aromatic carbocycles. The summed E-state index contributed by atoms with van der Waals surface area (Å²) in [5, 5.41) is 1.35. The first-order valence-electron chi connectivity index (χ1n) is 8.07. The number of aromatic nitrogens is 3. The van der Waals surface area contributed by atoms with Gasteiger partial charge in [-0.15, -0.1) is 0 Å². The molecule has 2 heterocycles. The van der Waals surface area contributed by atoms with Crippen molar-refractivity contribution < 1.29 is 0 Å². The van der Waals surface area contributed by atoms with Crippen LogP contribution in [0.1, 0.15) is 25.0 Å². The molecule has 0 amide bonds. The molecule has 0 saturated heterocycles. The fourth-order valence-corrected chi connectivity index (χ4v) is 2.94. The second kappa shape index (κ2) is 6.79. The number of imidazole rings is 1. The summed E-state index contributed by atoms with van der Waals surface area (Å²) in [5.41, 5.74) is 3.95. The number of fused-ring (bicyclic) bond motifs is 1. The van der Waals surface area contributed by atoms with Gasteiger partial charge in [-0.2, -0.15) is 0 Å². The summed E-state index contributed by atoms with van der Waals surface area (Å²) in [7, 11) is 0. The minimum absolute atomic E-state index is 0.872. The molecule has 2 aromatic heterocycles. The minimum atomic E-state index is 0.872. The number of H-pyrrole nitrogens is 1. The molecule has 0 aliphatic heterocycles. The van der Waals surface area contributed by atoms with Gasteiger partial charge in [0.05, 0.1) is 6.33 Å². The third-order valence-corrected chi connectivity index (χ3v) is 4.35. The van der Waals surface area contributed by atoms with Gasteiger partial charge < -0.3 is 14.5 Å². The van der Waals surface area contributed by atoms with Gasteiger partial charge in [0.1, 0.15) is 0 Å². The predicted octanol–water partition coefficient (Wildman–Crippen LogP) is 3.30. The molecule has 0 aliphatic carbocycles. The van der Waals surface area contributed by atoms with E-state index in [1.807, 2.05) is 18.7 Å². The highest BCUT2D eigenvalue weighted by molar-refractivity contribution is 5.83. The zero-order chi connectivity index (χ0) is 15.4. The molecule has 3 rings (SSSR count). The van der Waals surface area contributed by atoms with Crippen molar-refractivity contribution in [2.24, 2.45) is 0 Å². The first-order chi connectivity index (χ1) is 10.8. The summed E-state index contributed by atoms with van der Waals surface area (Å²) >= 11 is 0. The highest BCUT2D eigenvalue weighted by Crippen LogP contribution is 2.21. The van der Waals surface area contributed by atoms with Crippen molar-refractivity contribution >= 4 is 10.9 Å². The molecule has 0 unspecified atom stereocenters. The van der Waals surface area contributed by atoms with Gasteiger partial charge in [-0.3, -0.25) is 0 Å². The van der Waals surface area contributed by atoms with E-state index in [4.69, 9.17) is 0 Å². The summed E-state index contributed by atoms with van der Waals surface area (Å²) in [4.78, 5) is 9.97. The average molecular weight is 296 g/mol. The van der Waals surface area contributed by atoms with E-state index >= 15 is 0 Å². The molecule has 0 spiro atoms. The topological polar surface area (TPSA) is 36.9 Å². The molecule has 0 fully saturated rings. The Morgan fingerprint density at radius 3 is 2.82 bits per heavy atom. The lowest BCUT2D eigenvalue weighted by atomic mass is 10.1. The molecule has 0 saturated carbocycles. The monoisotopic (exact) mass is 296 g/mol. The van der Waals surface area contributed by atoms with E-state index in [0.29, 0.717) is 0 Å². The van der Waals surface area contributed by atoms with Gasteiger partial charge >= 0.3 is 0 Å². The molecule has 22 heavy (non-hydrogen) atoms. The van der Waals surface area contributed by atoms with Crippen LogP contribution in [0.3, 0.4) is 0 Å². The molecule has 116 valence electrons. The van der Waals surface area contributed by atoms with Gasteiger partial charge in [0, 0.05) is 42.6 Å². The van der Waals surface area contributed by atoms with E-state index < -0.39 is 0 Å². The summed E-state index contributed by atoms with van der Waals surface area (Å²) < 4.78 is 2.10. The van der Waals surface area contributed by atoms with Crippen molar-refractivity contribution in [2.45, 2.75) is 26.8 Å². The molecule has 1 N–H and O–H groups in total. The van der Waals surface area contributed by atoms with Crippen LogP contribution >= 0.6 is 0 Å². The van der Waals surface area contributed by atoms with E-state index in [2.05, 4.69) is 57.7 Å². The number of hydrogen-bond acceptors (Lipinski definition) is 2. The van der Waals surface area contributed by atoms with Crippen molar-refractivity contribution in [1.29, 1.82) is 0 Å². The standard InChI is InChI=1S/C18H24N4/c1-3-21(4-2)9-7-16-12-20-18-6-5-15(11-17(16)18)13-22-10-8-19-14-22/h5-6,8,10-12,14,20H,3-4,7,9,13H2,1-2H3. The number of hydrogen-bond donors (Lipinski definition) is 1. The molecule has 4 heteroatoms. The van der Waals surface area contributed by atoms with E-state index in [0.717, 1.165) is 32.6 Å². The second-order valence-corrected chi connectivity index (χ2v) is 5.71. The summed E-state index contributed by atoms with van der Waals surface area (Å²) in [6.45, 7) is 8.67. The van der Waals surface area contributed by atoms with Gasteiger partial charge in [0.25, 0.3) is 0 Å². The van der Waals surface area contributed by atoms with Crippen LogP contribution in [0, 0.1) is 0 Å². The van der Waals surface area contributed by atoms with Crippen LogP contribution in [-0.4, -0.2) is 39.1 Å². The van der Waals surface area contributed by atoms with Crippen molar-refractivity contribution in [3.05, 3.63) is 54.2 Å². The van der Waals surface area contributed by atoms with Crippen molar-refractivity contribution in [3.8, 4) is 0 Å². The Kier molecular flexibility index (Phi) is 4.59. The first-order valence-corrected chi connectivity index (χ1v) is 8.07. The van der Waals surface area contributed by atoms with Crippen LogP contribution in [0.5, 0.6) is 0 Å². The van der Waals surface area contributed by atoms with Crippen LogP contribution in [0.15, 0.2) is 43.1 Å².